The minimum absolute atomic E-state index is 0.438. The number of rotatable bonds is 3. The fraction of sp³-hybridized carbons (Fsp3) is 0.273. The number of thiophene rings is 1. The van der Waals surface area contributed by atoms with Crippen LogP contribution in [0.5, 0.6) is 0 Å². The molecular formula is C11H14N4S. The fourth-order valence-electron chi connectivity index (χ4n) is 1.39. The Bertz CT molecular complexity index is 473. The number of hydrogen-bond acceptors (Lipinski definition) is 5. The van der Waals surface area contributed by atoms with E-state index in [0.29, 0.717) is 11.6 Å². The molecule has 0 aliphatic heterocycles. The van der Waals surface area contributed by atoms with Gasteiger partial charge in [-0.15, -0.1) is 11.3 Å². The fourth-order valence-corrected chi connectivity index (χ4v) is 2.39. The van der Waals surface area contributed by atoms with E-state index in [1.54, 1.807) is 23.7 Å². The van der Waals surface area contributed by atoms with Gasteiger partial charge in [0.1, 0.15) is 0 Å². The third kappa shape index (κ3) is 2.30. The van der Waals surface area contributed by atoms with Crippen molar-refractivity contribution in [2.45, 2.75) is 20.4 Å². The lowest BCUT2D eigenvalue weighted by atomic mass is 10.3. The number of nitrogen functional groups attached to an aromatic ring is 1. The molecule has 3 N–H and O–H groups in total. The number of nitrogens with one attached hydrogen (secondary N) is 1. The van der Waals surface area contributed by atoms with Crippen LogP contribution in [-0.4, -0.2) is 9.97 Å². The molecule has 84 valence electrons. The molecule has 0 aliphatic rings. The predicted molar refractivity (Wildman–Crippen MR) is 67.6 cm³/mol. The highest BCUT2D eigenvalue weighted by molar-refractivity contribution is 7.12. The summed E-state index contributed by atoms with van der Waals surface area (Å²) in [5.41, 5.74) is 7.01. The van der Waals surface area contributed by atoms with E-state index in [0.717, 1.165) is 6.54 Å². The highest BCUT2D eigenvalue weighted by Gasteiger charge is 2.03. The van der Waals surface area contributed by atoms with Crippen LogP contribution in [0.15, 0.2) is 18.5 Å². The van der Waals surface area contributed by atoms with Crippen LogP contribution in [0.3, 0.4) is 0 Å². The Morgan fingerprint density at radius 2 is 2.06 bits per heavy atom. The third-order valence-corrected chi connectivity index (χ3v) is 3.53. The number of hydrogen-bond donors (Lipinski definition) is 2. The van der Waals surface area contributed by atoms with Crippen LogP contribution in [0.25, 0.3) is 0 Å². The van der Waals surface area contributed by atoms with Crippen LogP contribution < -0.4 is 11.1 Å². The van der Waals surface area contributed by atoms with E-state index in [9.17, 15) is 0 Å². The normalized spacial score (nSPS) is 10.4. The highest BCUT2D eigenvalue weighted by Crippen LogP contribution is 2.21. The van der Waals surface area contributed by atoms with Gasteiger partial charge >= 0.3 is 0 Å². The first-order chi connectivity index (χ1) is 7.66. The molecule has 5 heteroatoms. The molecule has 0 atom stereocenters. The van der Waals surface area contributed by atoms with Gasteiger partial charge in [-0.25, -0.2) is 9.97 Å². The largest absolute Gasteiger partial charge is 0.381 e. The molecule has 0 fully saturated rings. The van der Waals surface area contributed by atoms with Gasteiger partial charge in [0.25, 0.3) is 0 Å². The number of nitrogens with zero attached hydrogens (tertiary/aromatic N) is 2. The Hall–Kier alpha value is -1.62. The van der Waals surface area contributed by atoms with Crippen LogP contribution in [0, 0.1) is 13.8 Å². The van der Waals surface area contributed by atoms with Gasteiger partial charge in [-0.2, -0.15) is 0 Å². The van der Waals surface area contributed by atoms with Crippen molar-refractivity contribution in [3.8, 4) is 0 Å². The van der Waals surface area contributed by atoms with E-state index < -0.39 is 0 Å². The van der Waals surface area contributed by atoms with Crippen LogP contribution in [0.4, 0.5) is 11.6 Å². The Morgan fingerprint density at radius 3 is 2.69 bits per heavy atom. The SMILES string of the molecule is Cc1cc(CNc2nccnc2N)sc1C. The van der Waals surface area contributed by atoms with E-state index in [4.69, 9.17) is 5.73 Å². The quantitative estimate of drug-likeness (QED) is 0.855. The van der Waals surface area contributed by atoms with Crippen molar-refractivity contribution in [3.63, 3.8) is 0 Å². The predicted octanol–water partition coefficient (Wildman–Crippen LogP) is 2.35. The molecular weight excluding hydrogens is 220 g/mol. The number of aromatic nitrogens is 2. The van der Waals surface area contributed by atoms with Gasteiger partial charge < -0.3 is 11.1 Å². The molecule has 2 heterocycles. The Morgan fingerprint density at radius 1 is 1.31 bits per heavy atom. The summed E-state index contributed by atoms with van der Waals surface area (Å²) in [6.45, 7) is 4.98. The van der Waals surface area contributed by atoms with Crippen LogP contribution in [0.2, 0.25) is 0 Å². The van der Waals surface area contributed by atoms with E-state index in [-0.39, 0.29) is 0 Å². The average Bonchev–Trinajstić information content (AvgIpc) is 2.57. The van der Waals surface area contributed by atoms with Crippen molar-refractivity contribution in [2.24, 2.45) is 0 Å². The molecule has 0 spiro atoms. The van der Waals surface area contributed by atoms with Crippen molar-refractivity contribution >= 4 is 23.0 Å². The first-order valence-corrected chi connectivity index (χ1v) is 5.84. The van der Waals surface area contributed by atoms with Crippen LogP contribution >= 0.6 is 11.3 Å². The van der Waals surface area contributed by atoms with E-state index >= 15 is 0 Å². The first kappa shape index (κ1) is 10.9. The second kappa shape index (κ2) is 4.49. The van der Waals surface area contributed by atoms with E-state index in [2.05, 4.69) is 35.2 Å². The zero-order valence-corrected chi connectivity index (χ0v) is 10.1. The topological polar surface area (TPSA) is 63.8 Å². The number of nitrogens with two attached hydrogens (primary N) is 1. The van der Waals surface area contributed by atoms with Crippen LogP contribution in [-0.2, 0) is 6.54 Å². The molecule has 16 heavy (non-hydrogen) atoms. The molecule has 0 unspecified atom stereocenters. The molecule has 4 nitrogen and oxygen atoms in total. The summed E-state index contributed by atoms with van der Waals surface area (Å²) >= 11 is 1.79. The molecule has 0 bridgehead atoms. The molecule has 0 aromatic carbocycles. The third-order valence-electron chi connectivity index (χ3n) is 2.37. The monoisotopic (exact) mass is 234 g/mol. The molecule has 0 radical (unpaired) electrons. The van der Waals surface area contributed by atoms with Crippen molar-refractivity contribution in [2.75, 3.05) is 11.1 Å². The Balaban J connectivity index is 2.05. The lowest BCUT2D eigenvalue weighted by Gasteiger charge is -2.04. The minimum atomic E-state index is 0.438. The maximum absolute atomic E-state index is 5.69. The first-order valence-electron chi connectivity index (χ1n) is 5.03. The van der Waals surface area contributed by atoms with Gasteiger partial charge in [-0.3, -0.25) is 0 Å². The van der Waals surface area contributed by atoms with Crippen molar-refractivity contribution in [1.82, 2.24) is 9.97 Å². The zero-order chi connectivity index (χ0) is 11.5. The van der Waals surface area contributed by atoms with Gasteiger partial charge in [0, 0.05) is 22.1 Å². The second-order valence-electron chi connectivity index (χ2n) is 3.60. The zero-order valence-electron chi connectivity index (χ0n) is 9.32. The summed E-state index contributed by atoms with van der Waals surface area (Å²) in [4.78, 5) is 10.7. The molecule has 2 aromatic heterocycles. The van der Waals surface area contributed by atoms with Gasteiger partial charge in [-0.05, 0) is 25.5 Å². The summed E-state index contributed by atoms with van der Waals surface area (Å²) in [7, 11) is 0. The Kier molecular flexibility index (Phi) is 3.05. The average molecular weight is 234 g/mol. The number of aryl methyl sites for hydroxylation is 2. The summed E-state index contributed by atoms with van der Waals surface area (Å²) < 4.78 is 0. The van der Waals surface area contributed by atoms with Crippen molar-refractivity contribution in [3.05, 3.63) is 33.8 Å². The summed E-state index contributed by atoms with van der Waals surface area (Å²) in [5.74, 6) is 1.08. The van der Waals surface area contributed by atoms with Gasteiger partial charge in [0.05, 0.1) is 6.54 Å². The van der Waals surface area contributed by atoms with Crippen LogP contribution in [0.1, 0.15) is 15.3 Å². The summed E-state index contributed by atoms with van der Waals surface area (Å²) in [5, 5.41) is 3.18. The lowest BCUT2D eigenvalue weighted by Crippen LogP contribution is -2.04. The van der Waals surface area contributed by atoms with E-state index in [1.165, 1.54) is 15.3 Å². The Labute approximate surface area is 98.6 Å². The molecule has 0 amide bonds. The second-order valence-corrected chi connectivity index (χ2v) is 4.94. The highest BCUT2D eigenvalue weighted by atomic mass is 32.1. The van der Waals surface area contributed by atoms with Crippen molar-refractivity contribution in [1.29, 1.82) is 0 Å². The van der Waals surface area contributed by atoms with Crippen molar-refractivity contribution < 1.29 is 0 Å². The van der Waals surface area contributed by atoms with Gasteiger partial charge in [-0.1, -0.05) is 0 Å². The maximum atomic E-state index is 5.69. The summed E-state index contributed by atoms with van der Waals surface area (Å²) in [6, 6.07) is 2.18. The molecule has 0 aliphatic carbocycles. The molecule has 2 rings (SSSR count). The maximum Gasteiger partial charge on any atom is 0.169 e. The van der Waals surface area contributed by atoms with E-state index in [1.807, 2.05) is 0 Å². The number of anilines is 2. The minimum Gasteiger partial charge on any atom is -0.381 e. The summed E-state index contributed by atoms with van der Waals surface area (Å²) in [6.07, 6.45) is 3.21. The molecule has 0 saturated heterocycles. The lowest BCUT2D eigenvalue weighted by molar-refractivity contribution is 1.11. The van der Waals surface area contributed by atoms with Gasteiger partial charge in [0.2, 0.25) is 0 Å². The standard InChI is InChI=1S/C11H14N4S/c1-7-5-9(16-8(7)2)6-15-11-10(12)13-3-4-14-11/h3-5H,6H2,1-2H3,(H2,12,13)(H,14,15). The molecule has 0 saturated carbocycles. The molecule has 2 aromatic rings. The smallest absolute Gasteiger partial charge is 0.169 e. The van der Waals surface area contributed by atoms with Gasteiger partial charge in [0.15, 0.2) is 11.6 Å².